The van der Waals surface area contributed by atoms with Crippen molar-refractivity contribution in [2.75, 3.05) is 18.0 Å². The molecule has 0 saturated carbocycles. The topological polar surface area (TPSA) is 42.1 Å². The average molecular weight is 236 g/mol. The van der Waals surface area contributed by atoms with Crippen LogP contribution in [0.1, 0.15) is 6.42 Å². The average Bonchev–Trinajstić information content (AvgIpc) is 2.54. The van der Waals surface area contributed by atoms with Gasteiger partial charge in [0.05, 0.1) is 0 Å². The van der Waals surface area contributed by atoms with Gasteiger partial charge in [0, 0.05) is 25.3 Å². The van der Waals surface area contributed by atoms with E-state index in [1.807, 2.05) is 24.4 Å². The molecule has 0 aliphatic carbocycles. The monoisotopic (exact) mass is 235 g/mol. The summed E-state index contributed by atoms with van der Waals surface area (Å²) in [6.45, 7) is 1.98. The van der Waals surface area contributed by atoms with Crippen LogP contribution in [0, 0.1) is 0 Å². The second-order valence-electron chi connectivity index (χ2n) is 3.18. The summed E-state index contributed by atoms with van der Waals surface area (Å²) in [5, 5.41) is 0. The van der Waals surface area contributed by atoms with E-state index >= 15 is 0 Å². The molecule has 1 aliphatic rings. The van der Waals surface area contributed by atoms with Crippen LogP contribution in [0.4, 0.5) is 5.82 Å². The summed E-state index contributed by atoms with van der Waals surface area (Å²) in [7, 11) is 0. The molecule has 0 spiro atoms. The fraction of sp³-hybridized carbons (Fsp3) is 0.444. The molecule has 1 saturated heterocycles. The van der Waals surface area contributed by atoms with Crippen molar-refractivity contribution >= 4 is 30.6 Å². The highest BCUT2D eigenvalue weighted by atomic mass is 35.5. The zero-order valence-corrected chi connectivity index (χ0v) is 9.43. The molecule has 1 aliphatic heterocycles. The van der Waals surface area contributed by atoms with Crippen LogP contribution in [0.2, 0.25) is 0 Å². The summed E-state index contributed by atoms with van der Waals surface area (Å²) >= 11 is 0. The van der Waals surface area contributed by atoms with Crippen molar-refractivity contribution in [3.63, 3.8) is 0 Å². The van der Waals surface area contributed by atoms with Crippen LogP contribution in [0.3, 0.4) is 0 Å². The lowest BCUT2D eigenvalue weighted by Gasteiger charge is -2.15. The molecule has 1 fully saturated rings. The van der Waals surface area contributed by atoms with Gasteiger partial charge in [-0.25, -0.2) is 4.98 Å². The van der Waals surface area contributed by atoms with Crippen LogP contribution in [-0.4, -0.2) is 24.1 Å². The first-order valence-corrected chi connectivity index (χ1v) is 4.28. The maximum absolute atomic E-state index is 5.79. The Hall–Kier alpha value is -0.510. The Morgan fingerprint density at radius 3 is 2.64 bits per heavy atom. The lowest BCUT2D eigenvalue weighted by atomic mass is 10.3. The molecule has 0 aromatic carbocycles. The van der Waals surface area contributed by atoms with Crippen LogP contribution in [0.15, 0.2) is 24.4 Å². The van der Waals surface area contributed by atoms with Gasteiger partial charge in [0.1, 0.15) is 5.82 Å². The van der Waals surface area contributed by atoms with Gasteiger partial charge < -0.3 is 10.6 Å². The zero-order chi connectivity index (χ0) is 8.39. The maximum atomic E-state index is 5.79. The van der Waals surface area contributed by atoms with Gasteiger partial charge in [-0.05, 0) is 18.6 Å². The number of anilines is 1. The molecule has 80 valence electrons. The van der Waals surface area contributed by atoms with E-state index < -0.39 is 0 Å². The van der Waals surface area contributed by atoms with Crippen LogP contribution < -0.4 is 10.6 Å². The first kappa shape index (κ1) is 13.5. The summed E-state index contributed by atoms with van der Waals surface area (Å²) in [6.07, 6.45) is 2.90. The van der Waals surface area contributed by atoms with Gasteiger partial charge >= 0.3 is 0 Å². The van der Waals surface area contributed by atoms with Crippen molar-refractivity contribution in [2.45, 2.75) is 12.5 Å². The largest absolute Gasteiger partial charge is 0.355 e. The number of nitrogens with zero attached hydrogens (tertiary/aromatic N) is 2. The van der Waals surface area contributed by atoms with Gasteiger partial charge in [-0.2, -0.15) is 0 Å². The highest BCUT2D eigenvalue weighted by Crippen LogP contribution is 2.15. The lowest BCUT2D eigenvalue weighted by molar-refractivity contribution is 0.751. The van der Waals surface area contributed by atoms with Crippen LogP contribution in [0.25, 0.3) is 0 Å². The summed E-state index contributed by atoms with van der Waals surface area (Å²) in [4.78, 5) is 6.49. The predicted octanol–water partition coefficient (Wildman–Crippen LogP) is 1.46. The molecular formula is C9H15Cl2N3. The molecule has 1 atom stereocenters. The SMILES string of the molecule is Cl.Cl.NC1CCN(c2ccccn2)C1. The van der Waals surface area contributed by atoms with E-state index in [0.29, 0.717) is 6.04 Å². The van der Waals surface area contributed by atoms with E-state index in [1.54, 1.807) is 0 Å². The zero-order valence-electron chi connectivity index (χ0n) is 7.80. The molecule has 1 aromatic rings. The smallest absolute Gasteiger partial charge is 0.128 e. The van der Waals surface area contributed by atoms with E-state index in [0.717, 1.165) is 25.3 Å². The Kier molecular flexibility index (Phi) is 5.84. The molecule has 14 heavy (non-hydrogen) atoms. The van der Waals surface area contributed by atoms with E-state index in [9.17, 15) is 0 Å². The normalized spacial score (nSPS) is 19.8. The van der Waals surface area contributed by atoms with E-state index in [-0.39, 0.29) is 24.8 Å². The minimum Gasteiger partial charge on any atom is -0.355 e. The third kappa shape index (κ3) is 3.01. The number of aromatic nitrogens is 1. The Labute approximate surface area is 96.5 Å². The highest BCUT2D eigenvalue weighted by molar-refractivity contribution is 5.85. The number of pyridine rings is 1. The molecular weight excluding hydrogens is 221 g/mol. The van der Waals surface area contributed by atoms with Crippen molar-refractivity contribution in [2.24, 2.45) is 5.73 Å². The highest BCUT2D eigenvalue weighted by Gasteiger charge is 2.19. The fourth-order valence-corrected chi connectivity index (χ4v) is 1.54. The lowest BCUT2D eigenvalue weighted by Crippen LogP contribution is -2.26. The third-order valence-corrected chi connectivity index (χ3v) is 2.20. The predicted molar refractivity (Wildman–Crippen MR) is 63.5 cm³/mol. The summed E-state index contributed by atoms with van der Waals surface area (Å²) in [6, 6.07) is 6.29. The molecule has 1 unspecified atom stereocenters. The maximum Gasteiger partial charge on any atom is 0.128 e. The van der Waals surface area contributed by atoms with Crippen molar-refractivity contribution in [3.05, 3.63) is 24.4 Å². The van der Waals surface area contributed by atoms with Gasteiger partial charge in [0.15, 0.2) is 0 Å². The van der Waals surface area contributed by atoms with Crippen molar-refractivity contribution in [1.82, 2.24) is 4.98 Å². The summed E-state index contributed by atoms with van der Waals surface area (Å²) in [5.74, 6) is 1.05. The number of hydrogen-bond acceptors (Lipinski definition) is 3. The first-order valence-electron chi connectivity index (χ1n) is 4.28. The number of rotatable bonds is 1. The van der Waals surface area contributed by atoms with Gasteiger partial charge in [-0.15, -0.1) is 24.8 Å². The van der Waals surface area contributed by atoms with Gasteiger partial charge in [-0.3, -0.25) is 0 Å². The molecule has 5 heteroatoms. The number of hydrogen-bond donors (Lipinski definition) is 1. The van der Waals surface area contributed by atoms with E-state index in [4.69, 9.17) is 5.73 Å². The van der Waals surface area contributed by atoms with Gasteiger partial charge in [0.25, 0.3) is 0 Å². The van der Waals surface area contributed by atoms with Crippen molar-refractivity contribution < 1.29 is 0 Å². The van der Waals surface area contributed by atoms with Crippen LogP contribution >= 0.6 is 24.8 Å². The van der Waals surface area contributed by atoms with Crippen molar-refractivity contribution in [1.29, 1.82) is 0 Å². The Morgan fingerprint density at radius 2 is 2.14 bits per heavy atom. The van der Waals surface area contributed by atoms with Gasteiger partial charge in [0.2, 0.25) is 0 Å². The third-order valence-electron chi connectivity index (χ3n) is 2.20. The van der Waals surface area contributed by atoms with Gasteiger partial charge in [-0.1, -0.05) is 6.07 Å². The molecule has 0 amide bonds. The fourth-order valence-electron chi connectivity index (χ4n) is 1.54. The Morgan fingerprint density at radius 1 is 1.36 bits per heavy atom. The number of halogens is 2. The number of nitrogens with two attached hydrogens (primary N) is 1. The van der Waals surface area contributed by atoms with E-state index in [1.165, 1.54) is 0 Å². The second-order valence-corrected chi connectivity index (χ2v) is 3.18. The van der Waals surface area contributed by atoms with E-state index in [2.05, 4.69) is 9.88 Å². The molecule has 0 radical (unpaired) electrons. The standard InChI is InChI=1S/C9H13N3.2ClH/c10-8-4-6-12(7-8)9-3-1-2-5-11-9;;/h1-3,5,8H,4,6-7,10H2;2*1H. The molecule has 2 rings (SSSR count). The minimum absolute atomic E-state index is 0. The van der Waals surface area contributed by atoms with Crippen LogP contribution in [-0.2, 0) is 0 Å². The summed E-state index contributed by atoms with van der Waals surface area (Å²) in [5.41, 5.74) is 5.79. The Bertz CT molecular complexity index is 255. The minimum atomic E-state index is 0. The first-order chi connectivity index (χ1) is 5.86. The molecule has 2 N–H and O–H groups in total. The molecule has 1 aromatic heterocycles. The molecule has 3 nitrogen and oxygen atoms in total. The molecule has 0 bridgehead atoms. The summed E-state index contributed by atoms with van der Waals surface area (Å²) < 4.78 is 0. The Balaban J connectivity index is 0.000000845. The quantitative estimate of drug-likeness (QED) is 0.802. The molecule has 2 heterocycles. The second kappa shape index (κ2) is 6.06. The van der Waals surface area contributed by atoms with Crippen LogP contribution in [0.5, 0.6) is 0 Å². The van der Waals surface area contributed by atoms with Crippen molar-refractivity contribution in [3.8, 4) is 0 Å².